The molecule has 0 radical (unpaired) electrons. The molecular formula is C12H12N4O3S. The lowest BCUT2D eigenvalue weighted by molar-refractivity contribution is 0.343. The molecule has 0 fully saturated rings. The monoisotopic (exact) mass is 292 g/mol. The molecule has 7 nitrogen and oxygen atoms in total. The summed E-state index contributed by atoms with van der Waals surface area (Å²) in [5.74, 6) is 0.278. The summed E-state index contributed by atoms with van der Waals surface area (Å²) in [6.07, 6.45) is 0.855. The van der Waals surface area contributed by atoms with Crippen LogP contribution in [0, 0.1) is 11.3 Å². The van der Waals surface area contributed by atoms with Crippen LogP contribution in [0.4, 0.5) is 0 Å². The van der Waals surface area contributed by atoms with Crippen LogP contribution in [0.3, 0.4) is 0 Å². The van der Waals surface area contributed by atoms with E-state index < -0.39 is 10.1 Å². The van der Waals surface area contributed by atoms with Crippen LogP contribution >= 0.6 is 0 Å². The van der Waals surface area contributed by atoms with Gasteiger partial charge in [0.1, 0.15) is 6.07 Å². The van der Waals surface area contributed by atoms with Gasteiger partial charge in [-0.2, -0.15) is 13.7 Å². The van der Waals surface area contributed by atoms with Gasteiger partial charge in [0, 0.05) is 6.54 Å². The first-order valence-electron chi connectivity index (χ1n) is 5.78. The summed E-state index contributed by atoms with van der Waals surface area (Å²) in [7, 11) is -3.76. The minimum absolute atomic E-state index is 0.187. The van der Waals surface area contributed by atoms with Crippen LogP contribution in [0.5, 0.6) is 0 Å². The van der Waals surface area contributed by atoms with Crippen molar-refractivity contribution in [3.8, 4) is 6.07 Å². The van der Waals surface area contributed by atoms with Gasteiger partial charge in [-0.05, 0) is 19.1 Å². The fourth-order valence-electron chi connectivity index (χ4n) is 1.79. The number of imidazole rings is 1. The first-order chi connectivity index (χ1) is 9.46. The van der Waals surface area contributed by atoms with Gasteiger partial charge in [0.15, 0.2) is 5.82 Å². The summed E-state index contributed by atoms with van der Waals surface area (Å²) in [4.78, 5) is 4.29. The van der Waals surface area contributed by atoms with E-state index in [2.05, 4.69) is 14.4 Å². The van der Waals surface area contributed by atoms with Gasteiger partial charge >= 0.3 is 10.1 Å². The highest BCUT2D eigenvalue weighted by Gasteiger charge is 2.16. The molecule has 0 atom stereocenters. The maximum Gasteiger partial charge on any atom is 0.325 e. The SMILES string of the molecule is CCn1c(C(C#N)=NOS(C)(=O)=O)nc2ccccc21. The Morgan fingerprint density at radius 1 is 1.50 bits per heavy atom. The summed E-state index contributed by atoms with van der Waals surface area (Å²) in [5, 5.41) is 12.5. The van der Waals surface area contributed by atoms with Crippen molar-refractivity contribution in [2.24, 2.45) is 5.16 Å². The number of aryl methyl sites for hydroxylation is 1. The number of aromatic nitrogens is 2. The van der Waals surface area contributed by atoms with Crippen LogP contribution in [0.25, 0.3) is 11.0 Å². The predicted octanol–water partition coefficient (Wildman–Crippen LogP) is 1.26. The van der Waals surface area contributed by atoms with E-state index in [9.17, 15) is 8.42 Å². The van der Waals surface area contributed by atoms with Crippen molar-refractivity contribution >= 4 is 26.9 Å². The number of fused-ring (bicyclic) bond motifs is 1. The molecule has 2 aromatic rings. The maximum absolute atomic E-state index is 10.9. The third kappa shape index (κ3) is 2.78. The highest BCUT2D eigenvalue weighted by atomic mass is 32.2. The number of para-hydroxylation sites is 2. The van der Waals surface area contributed by atoms with Gasteiger partial charge in [-0.1, -0.05) is 17.3 Å². The highest BCUT2D eigenvalue weighted by Crippen LogP contribution is 2.16. The Bertz CT molecular complexity index is 815. The minimum Gasteiger partial charge on any atom is -0.322 e. The molecule has 20 heavy (non-hydrogen) atoms. The summed E-state index contributed by atoms with van der Waals surface area (Å²) >= 11 is 0. The second-order valence-electron chi connectivity index (χ2n) is 4.00. The number of nitriles is 1. The first-order valence-corrected chi connectivity index (χ1v) is 7.60. The molecule has 0 aliphatic heterocycles. The second-order valence-corrected chi connectivity index (χ2v) is 5.56. The van der Waals surface area contributed by atoms with Gasteiger partial charge < -0.3 is 4.57 Å². The average Bonchev–Trinajstić information content (AvgIpc) is 2.76. The standard InChI is InChI=1S/C12H12N4O3S/c1-3-16-11-7-5-4-6-9(11)14-12(16)10(8-13)15-19-20(2,17)18/h4-7H,3H2,1-2H3. The molecule has 1 heterocycles. The molecule has 0 aliphatic carbocycles. The average molecular weight is 292 g/mol. The Balaban J connectivity index is 2.58. The van der Waals surface area contributed by atoms with Gasteiger partial charge in [-0.15, -0.1) is 0 Å². The van der Waals surface area contributed by atoms with Crippen LogP contribution in [0.2, 0.25) is 0 Å². The predicted molar refractivity (Wildman–Crippen MR) is 73.5 cm³/mol. The van der Waals surface area contributed by atoms with E-state index in [4.69, 9.17) is 5.26 Å². The summed E-state index contributed by atoms with van der Waals surface area (Å²) in [6.45, 7) is 2.46. The van der Waals surface area contributed by atoms with Crippen LogP contribution in [0.15, 0.2) is 29.4 Å². The van der Waals surface area contributed by atoms with Crippen LogP contribution in [-0.2, 0) is 20.9 Å². The number of nitrogens with zero attached hydrogens (tertiary/aromatic N) is 4. The highest BCUT2D eigenvalue weighted by molar-refractivity contribution is 7.85. The molecule has 0 amide bonds. The van der Waals surface area contributed by atoms with Crippen LogP contribution in [0.1, 0.15) is 12.7 Å². The van der Waals surface area contributed by atoms with Crippen LogP contribution < -0.4 is 0 Å². The molecule has 0 aliphatic rings. The van der Waals surface area contributed by atoms with Crippen molar-refractivity contribution in [2.75, 3.05) is 6.26 Å². The smallest absolute Gasteiger partial charge is 0.322 e. The number of rotatable bonds is 4. The molecule has 8 heteroatoms. The summed E-state index contributed by atoms with van der Waals surface area (Å²) in [6, 6.07) is 9.16. The zero-order valence-corrected chi connectivity index (χ0v) is 11.8. The van der Waals surface area contributed by atoms with E-state index in [1.54, 1.807) is 16.7 Å². The molecule has 0 bridgehead atoms. The first kappa shape index (κ1) is 14.0. The van der Waals surface area contributed by atoms with Gasteiger partial charge in [0.05, 0.1) is 17.3 Å². The molecule has 1 aromatic carbocycles. The lowest BCUT2D eigenvalue weighted by Gasteiger charge is -2.03. The molecular weight excluding hydrogens is 280 g/mol. The number of benzene rings is 1. The fourth-order valence-corrected chi connectivity index (χ4v) is 2.00. The van der Waals surface area contributed by atoms with Gasteiger partial charge in [-0.25, -0.2) is 4.98 Å². The molecule has 104 valence electrons. The molecule has 0 unspecified atom stereocenters. The summed E-state index contributed by atoms with van der Waals surface area (Å²) in [5.41, 5.74) is 1.35. The topological polar surface area (TPSA) is 97.3 Å². The Hall–Kier alpha value is -2.40. The molecule has 1 aromatic heterocycles. The van der Waals surface area contributed by atoms with Gasteiger partial charge in [0.2, 0.25) is 5.71 Å². The number of hydrogen-bond acceptors (Lipinski definition) is 6. The number of hydrogen-bond donors (Lipinski definition) is 0. The Labute approximate surface area is 116 Å². The molecule has 0 spiro atoms. The van der Waals surface area contributed by atoms with Gasteiger partial charge in [0.25, 0.3) is 0 Å². The Kier molecular flexibility index (Phi) is 3.72. The molecule has 2 rings (SSSR count). The quantitative estimate of drug-likeness (QED) is 0.624. The summed E-state index contributed by atoms with van der Waals surface area (Å²) < 4.78 is 28.0. The fraction of sp³-hybridized carbons (Fsp3) is 0.250. The van der Waals surface area contributed by atoms with E-state index in [1.807, 2.05) is 25.1 Å². The van der Waals surface area contributed by atoms with Gasteiger partial charge in [-0.3, -0.25) is 4.28 Å². The third-order valence-corrected chi connectivity index (χ3v) is 2.90. The van der Waals surface area contributed by atoms with E-state index in [-0.39, 0.29) is 11.5 Å². The van der Waals surface area contributed by atoms with Crippen molar-refractivity contribution in [1.29, 1.82) is 5.26 Å². The van der Waals surface area contributed by atoms with Crippen molar-refractivity contribution in [3.05, 3.63) is 30.1 Å². The van der Waals surface area contributed by atoms with Crippen LogP contribution in [-0.4, -0.2) is 29.9 Å². The van der Waals surface area contributed by atoms with Crippen molar-refractivity contribution in [1.82, 2.24) is 9.55 Å². The Morgan fingerprint density at radius 2 is 2.20 bits per heavy atom. The molecule has 0 saturated heterocycles. The lowest BCUT2D eigenvalue weighted by Crippen LogP contribution is -2.10. The maximum atomic E-state index is 10.9. The minimum atomic E-state index is -3.76. The number of oxime groups is 1. The van der Waals surface area contributed by atoms with Crippen molar-refractivity contribution in [2.45, 2.75) is 13.5 Å². The van der Waals surface area contributed by atoms with Crippen molar-refractivity contribution in [3.63, 3.8) is 0 Å². The largest absolute Gasteiger partial charge is 0.325 e. The Morgan fingerprint density at radius 3 is 2.80 bits per heavy atom. The molecule has 0 saturated carbocycles. The van der Waals surface area contributed by atoms with E-state index in [0.717, 1.165) is 11.8 Å². The van der Waals surface area contributed by atoms with E-state index in [0.29, 0.717) is 12.1 Å². The second kappa shape index (κ2) is 5.30. The third-order valence-electron chi connectivity index (χ3n) is 2.55. The zero-order chi connectivity index (χ0) is 14.8. The van der Waals surface area contributed by atoms with Crippen molar-refractivity contribution < 1.29 is 12.7 Å². The zero-order valence-electron chi connectivity index (χ0n) is 10.9. The lowest BCUT2D eigenvalue weighted by atomic mass is 10.3. The van der Waals surface area contributed by atoms with E-state index in [1.165, 1.54) is 0 Å². The van der Waals surface area contributed by atoms with E-state index >= 15 is 0 Å². The normalized spacial score (nSPS) is 12.3. The molecule has 0 N–H and O–H groups in total.